The number of hydrogen-bond donors (Lipinski definition) is 1. The van der Waals surface area contributed by atoms with Gasteiger partial charge in [-0.05, 0) is 12.1 Å². The zero-order valence-corrected chi connectivity index (χ0v) is 7.42. The molecule has 0 saturated carbocycles. The zero-order valence-electron chi connectivity index (χ0n) is 7.42. The third-order valence-corrected chi connectivity index (χ3v) is 1.91. The van der Waals surface area contributed by atoms with Crippen molar-refractivity contribution in [2.45, 2.75) is 6.43 Å². The predicted molar refractivity (Wildman–Crippen MR) is 47.6 cm³/mol. The highest BCUT2D eigenvalue weighted by atomic mass is 19.3. The van der Waals surface area contributed by atoms with Gasteiger partial charge in [0.15, 0.2) is 5.82 Å². The van der Waals surface area contributed by atoms with Crippen LogP contribution in [0.4, 0.5) is 8.78 Å². The Kier molecular flexibility index (Phi) is 2.07. The summed E-state index contributed by atoms with van der Waals surface area (Å²) in [4.78, 5) is 6.26. The topological polar surface area (TPSA) is 37.9 Å². The molecule has 0 aliphatic heterocycles. The molecule has 0 fully saturated rings. The summed E-state index contributed by atoms with van der Waals surface area (Å²) >= 11 is 0. The number of fused-ring (bicyclic) bond motifs is 1. The van der Waals surface area contributed by atoms with Crippen LogP contribution in [0.2, 0.25) is 0 Å². The van der Waals surface area contributed by atoms with E-state index in [0.29, 0.717) is 16.8 Å². The highest BCUT2D eigenvalue weighted by Gasteiger charge is 2.12. The van der Waals surface area contributed by atoms with Gasteiger partial charge in [0, 0.05) is 6.07 Å². The molecule has 74 valence electrons. The van der Waals surface area contributed by atoms with Gasteiger partial charge in [0.2, 0.25) is 0 Å². The second-order valence-electron chi connectivity index (χ2n) is 2.81. The van der Waals surface area contributed by atoms with E-state index in [1.54, 1.807) is 18.2 Å². The molecule has 2 aromatic rings. The van der Waals surface area contributed by atoms with E-state index in [-0.39, 0.29) is 5.82 Å². The minimum Gasteiger partial charge on any atom is -0.497 e. The van der Waals surface area contributed by atoms with Crippen LogP contribution >= 0.6 is 0 Å². The molecule has 0 atom stereocenters. The molecule has 14 heavy (non-hydrogen) atoms. The Bertz CT molecular complexity index is 453. The van der Waals surface area contributed by atoms with Gasteiger partial charge in [-0.25, -0.2) is 13.8 Å². The van der Waals surface area contributed by atoms with Crippen LogP contribution in [0.5, 0.6) is 5.75 Å². The van der Waals surface area contributed by atoms with Crippen LogP contribution in [0.3, 0.4) is 0 Å². The molecule has 2 rings (SSSR count). The number of ether oxygens (including phenoxy) is 1. The van der Waals surface area contributed by atoms with Crippen molar-refractivity contribution in [3.63, 3.8) is 0 Å². The van der Waals surface area contributed by atoms with E-state index in [2.05, 4.69) is 9.97 Å². The number of alkyl halides is 2. The lowest BCUT2D eigenvalue weighted by Gasteiger charge is -1.96. The first kappa shape index (κ1) is 8.93. The number of rotatable bonds is 2. The van der Waals surface area contributed by atoms with Crippen molar-refractivity contribution in [1.29, 1.82) is 0 Å². The fourth-order valence-electron chi connectivity index (χ4n) is 1.24. The Morgan fingerprint density at radius 3 is 2.86 bits per heavy atom. The molecule has 0 bridgehead atoms. The van der Waals surface area contributed by atoms with E-state index >= 15 is 0 Å². The van der Waals surface area contributed by atoms with Gasteiger partial charge < -0.3 is 9.72 Å². The molecule has 1 heterocycles. The average molecular weight is 198 g/mol. The van der Waals surface area contributed by atoms with E-state index in [0.717, 1.165) is 0 Å². The summed E-state index contributed by atoms with van der Waals surface area (Å²) in [6.45, 7) is 0. The molecule has 0 unspecified atom stereocenters. The Morgan fingerprint density at radius 1 is 1.43 bits per heavy atom. The maximum Gasteiger partial charge on any atom is 0.295 e. The quantitative estimate of drug-likeness (QED) is 0.805. The molecule has 0 amide bonds. The smallest absolute Gasteiger partial charge is 0.295 e. The minimum atomic E-state index is -2.58. The number of benzene rings is 1. The first-order valence-electron chi connectivity index (χ1n) is 4.02. The SMILES string of the molecule is COc1ccc2nc(C(F)F)[nH]c2c1. The van der Waals surface area contributed by atoms with Crippen molar-refractivity contribution in [2.75, 3.05) is 7.11 Å². The highest BCUT2D eigenvalue weighted by molar-refractivity contribution is 5.76. The highest BCUT2D eigenvalue weighted by Crippen LogP contribution is 2.22. The maximum absolute atomic E-state index is 12.3. The van der Waals surface area contributed by atoms with Crippen LogP contribution in [0.25, 0.3) is 11.0 Å². The number of aromatic amines is 1. The molecule has 1 N–H and O–H groups in total. The first-order valence-corrected chi connectivity index (χ1v) is 4.02. The monoisotopic (exact) mass is 198 g/mol. The van der Waals surface area contributed by atoms with Gasteiger partial charge in [0.25, 0.3) is 6.43 Å². The number of hydrogen-bond acceptors (Lipinski definition) is 2. The summed E-state index contributed by atoms with van der Waals surface area (Å²) in [5.74, 6) is 0.301. The Balaban J connectivity index is 2.54. The summed E-state index contributed by atoms with van der Waals surface area (Å²) in [6.07, 6.45) is -2.58. The first-order chi connectivity index (χ1) is 6.70. The molecule has 3 nitrogen and oxygen atoms in total. The third-order valence-electron chi connectivity index (χ3n) is 1.91. The largest absolute Gasteiger partial charge is 0.497 e. The van der Waals surface area contributed by atoms with Gasteiger partial charge in [-0.1, -0.05) is 0 Å². The van der Waals surface area contributed by atoms with Crippen LogP contribution in [-0.2, 0) is 0 Å². The standard InChI is InChI=1S/C9H8F2N2O/c1-14-5-2-3-6-7(4-5)13-9(12-6)8(10)11/h2-4,8H,1H3,(H,12,13). The van der Waals surface area contributed by atoms with Gasteiger partial charge in [0.1, 0.15) is 5.75 Å². The van der Waals surface area contributed by atoms with E-state index in [1.807, 2.05) is 0 Å². The zero-order chi connectivity index (χ0) is 10.1. The maximum atomic E-state index is 12.3. The van der Waals surface area contributed by atoms with E-state index < -0.39 is 6.43 Å². The summed E-state index contributed by atoms with van der Waals surface area (Å²) in [7, 11) is 1.52. The van der Waals surface area contributed by atoms with E-state index in [9.17, 15) is 8.78 Å². The number of H-pyrrole nitrogens is 1. The van der Waals surface area contributed by atoms with Crippen molar-refractivity contribution in [1.82, 2.24) is 9.97 Å². The van der Waals surface area contributed by atoms with Crippen molar-refractivity contribution < 1.29 is 13.5 Å². The molecule has 0 aliphatic rings. The van der Waals surface area contributed by atoms with E-state index in [1.165, 1.54) is 7.11 Å². The Hall–Kier alpha value is -1.65. The van der Waals surface area contributed by atoms with Crippen molar-refractivity contribution in [3.8, 4) is 5.75 Å². The van der Waals surface area contributed by atoms with Crippen LogP contribution in [0, 0.1) is 0 Å². The fourth-order valence-corrected chi connectivity index (χ4v) is 1.24. The molecule has 1 aromatic carbocycles. The summed E-state index contributed by atoms with van der Waals surface area (Å²) in [5, 5.41) is 0. The molecule has 0 spiro atoms. The molecular formula is C9H8F2N2O. The number of halogens is 2. The lowest BCUT2D eigenvalue weighted by molar-refractivity contribution is 0.142. The van der Waals surface area contributed by atoms with Crippen molar-refractivity contribution in [3.05, 3.63) is 24.0 Å². The van der Waals surface area contributed by atoms with Gasteiger partial charge in [-0.2, -0.15) is 0 Å². The minimum absolute atomic E-state index is 0.312. The van der Waals surface area contributed by atoms with Gasteiger partial charge in [-0.15, -0.1) is 0 Å². The van der Waals surface area contributed by atoms with Crippen LogP contribution in [-0.4, -0.2) is 17.1 Å². The molecule has 1 aromatic heterocycles. The van der Waals surface area contributed by atoms with E-state index in [4.69, 9.17) is 4.74 Å². The summed E-state index contributed by atoms with van der Waals surface area (Å²) in [6, 6.07) is 4.95. The summed E-state index contributed by atoms with van der Waals surface area (Å²) < 4.78 is 29.5. The number of nitrogens with one attached hydrogen (secondary N) is 1. The average Bonchev–Trinajstić information content (AvgIpc) is 2.59. The second-order valence-corrected chi connectivity index (χ2v) is 2.81. The van der Waals surface area contributed by atoms with Crippen LogP contribution in [0.1, 0.15) is 12.2 Å². The molecule has 0 aliphatic carbocycles. The second kappa shape index (κ2) is 3.25. The molecular weight excluding hydrogens is 190 g/mol. The number of aromatic nitrogens is 2. The Labute approximate surface area is 78.7 Å². The van der Waals surface area contributed by atoms with Crippen LogP contribution in [0.15, 0.2) is 18.2 Å². The van der Waals surface area contributed by atoms with Gasteiger partial charge in [0.05, 0.1) is 18.1 Å². The van der Waals surface area contributed by atoms with Crippen molar-refractivity contribution >= 4 is 11.0 Å². The Morgan fingerprint density at radius 2 is 2.21 bits per heavy atom. The predicted octanol–water partition coefficient (Wildman–Crippen LogP) is 2.51. The van der Waals surface area contributed by atoms with Crippen LogP contribution < -0.4 is 4.74 Å². The molecule has 0 radical (unpaired) electrons. The number of imidazole rings is 1. The fraction of sp³-hybridized carbons (Fsp3) is 0.222. The molecule has 0 saturated heterocycles. The normalized spacial score (nSPS) is 11.1. The van der Waals surface area contributed by atoms with Gasteiger partial charge in [-0.3, -0.25) is 0 Å². The lowest BCUT2D eigenvalue weighted by atomic mass is 10.3. The van der Waals surface area contributed by atoms with Crippen molar-refractivity contribution in [2.24, 2.45) is 0 Å². The number of nitrogens with zero attached hydrogens (tertiary/aromatic N) is 1. The molecule has 5 heteroatoms. The number of methoxy groups -OCH3 is 1. The third kappa shape index (κ3) is 1.41. The summed E-state index contributed by atoms with van der Waals surface area (Å²) in [5.41, 5.74) is 1.07. The van der Waals surface area contributed by atoms with Gasteiger partial charge >= 0.3 is 0 Å². The lowest BCUT2D eigenvalue weighted by Crippen LogP contribution is -1.84.